The Morgan fingerprint density at radius 1 is 1.50 bits per heavy atom. The van der Waals surface area contributed by atoms with E-state index in [1.54, 1.807) is 23.5 Å². The number of nitrogens with zero attached hydrogens (tertiary/aromatic N) is 2. The Labute approximate surface area is 79.4 Å². The van der Waals surface area contributed by atoms with E-state index in [2.05, 4.69) is 9.97 Å². The highest BCUT2D eigenvalue weighted by Gasteiger charge is 1.96. The molecule has 0 fully saturated rings. The number of rotatable bonds is 4. The van der Waals surface area contributed by atoms with Gasteiger partial charge in [0, 0.05) is 17.5 Å². The summed E-state index contributed by atoms with van der Waals surface area (Å²) in [6.45, 7) is 0. The number of aromatic nitrogens is 2. The number of hydrogen-bond donors (Lipinski definition) is 0. The Balaban J connectivity index is 2.58. The number of carbonyl (C=O) groups is 1. The molecule has 0 amide bonds. The fourth-order valence-corrected chi connectivity index (χ4v) is 1.72. The Hall–Kier alpha value is -0.550. The van der Waals surface area contributed by atoms with Crippen LogP contribution in [0.1, 0.15) is 10.4 Å². The summed E-state index contributed by atoms with van der Waals surface area (Å²) in [5.74, 6) is 0. The van der Waals surface area contributed by atoms with Gasteiger partial charge in [-0.1, -0.05) is 11.8 Å². The third-order valence-corrected chi connectivity index (χ3v) is 2.97. The predicted molar refractivity (Wildman–Crippen MR) is 51.7 cm³/mol. The van der Waals surface area contributed by atoms with E-state index in [0.29, 0.717) is 5.56 Å². The van der Waals surface area contributed by atoms with Gasteiger partial charge in [0.2, 0.25) is 0 Å². The molecule has 1 heterocycles. The van der Waals surface area contributed by atoms with Crippen molar-refractivity contribution in [2.45, 2.75) is 5.16 Å². The summed E-state index contributed by atoms with van der Waals surface area (Å²) in [7, 11) is 0. The topological polar surface area (TPSA) is 42.9 Å². The van der Waals surface area contributed by atoms with Gasteiger partial charge in [0.1, 0.15) is 0 Å². The van der Waals surface area contributed by atoms with Gasteiger partial charge in [-0.3, -0.25) is 4.79 Å². The maximum absolute atomic E-state index is 10.2. The van der Waals surface area contributed by atoms with E-state index in [9.17, 15) is 4.79 Å². The van der Waals surface area contributed by atoms with Crippen molar-refractivity contribution < 1.29 is 4.79 Å². The lowest BCUT2D eigenvalue weighted by atomic mass is 10.4. The minimum Gasteiger partial charge on any atom is -0.298 e. The van der Waals surface area contributed by atoms with Crippen LogP contribution in [-0.2, 0) is 0 Å². The molecule has 0 saturated carbocycles. The summed E-state index contributed by atoms with van der Waals surface area (Å²) in [6.07, 6.45) is 5.82. The number of hydrogen-bond acceptors (Lipinski definition) is 5. The van der Waals surface area contributed by atoms with Gasteiger partial charge in [0.15, 0.2) is 11.4 Å². The zero-order chi connectivity index (χ0) is 8.81. The monoisotopic (exact) mass is 200 g/mol. The van der Waals surface area contributed by atoms with Gasteiger partial charge in [-0.15, -0.1) is 0 Å². The highest BCUT2D eigenvalue weighted by Crippen LogP contribution is 2.15. The second-order valence-corrected chi connectivity index (χ2v) is 4.14. The van der Waals surface area contributed by atoms with Crippen LogP contribution in [0.2, 0.25) is 0 Å². The van der Waals surface area contributed by atoms with Crippen molar-refractivity contribution in [3.05, 3.63) is 18.0 Å². The number of carbonyl (C=O) groups excluding carboxylic acids is 1. The lowest BCUT2D eigenvalue weighted by molar-refractivity contribution is 0.112. The van der Waals surface area contributed by atoms with Crippen molar-refractivity contribution in [3.8, 4) is 0 Å². The second-order valence-electron chi connectivity index (χ2n) is 1.97. The molecule has 12 heavy (non-hydrogen) atoms. The Kier molecular flexibility index (Phi) is 4.10. The van der Waals surface area contributed by atoms with Crippen LogP contribution >= 0.6 is 23.5 Å². The average molecular weight is 200 g/mol. The first-order valence-corrected chi connectivity index (χ1v) is 5.63. The molecule has 0 aromatic carbocycles. The molecule has 0 aliphatic rings. The molecule has 0 saturated heterocycles. The Morgan fingerprint density at radius 2 is 2.17 bits per heavy atom. The fraction of sp³-hybridized carbons (Fsp3) is 0.286. The van der Waals surface area contributed by atoms with Crippen LogP contribution in [0.15, 0.2) is 17.6 Å². The van der Waals surface area contributed by atoms with Crippen LogP contribution < -0.4 is 0 Å². The van der Waals surface area contributed by atoms with E-state index >= 15 is 0 Å². The lowest BCUT2D eigenvalue weighted by Gasteiger charge is -1.95. The van der Waals surface area contributed by atoms with Crippen LogP contribution in [-0.4, -0.2) is 27.6 Å². The van der Waals surface area contributed by atoms with Gasteiger partial charge in [0.05, 0.1) is 5.56 Å². The third-order valence-electron chi connectivity index (χ3n) is 1.09. The van der Waals surface area contributed by atoms with Gasteiger partial charge >= 0.3 is 0 Å². The second kappa shape index (κ2) is 5.16. The van der Waals surface area contributed by atoms with Gasteiger partial charge < -0.3 is 0 Å². The Morgan fingerprint density at radius 3 is 2.67 bits per heavy atom. The van der Waals surface area contributed by atoms with Gasteiger partial charge in [-0.2, -0.15) is 11.8 Å². The zero-order valence-electron chi connectivity index (χ0n) is 6.56. The van der Waals surface area contributed by atoms with Crippen molar-refractivity contribution >= 4 is 29.8 Å². The fourth-order valence-electron chi connectivity index (χ4n) is 0.573. The molecule has 0 aliphatic carbocycles. The smallest absolute Gasteiger partial charge is 0.188 e. The van der Waals surface area contributed by atoms with Crippen LogP contribution in [0.4, 0.5) is 0 Å². The van der Waals surface area contributed by atoms with Crippen LogP contribution in [0.3, 0.4) is 0 Å². The lowest BCUT2D eigenvalue weighted by Crippen LogP contribution is -1.89. The average Bonchev–Trinajstić information content (AvgIpc) is 2.15. The molecular formula is C7H8N2OS2. The molecule has 5 heteroatoms. The molecule has 64 valence electrons. The van der Waals surface area contributed by atoms with E-state index in [0.717, 1.165) is 16.5 Å². The molecule has 0 unspecified atom stereocenters. The van der Waals surface area contributed by atoms with Crippen molar-refractivity contribution in [2.24, 2.45) is 0 Å². The highest BCUT2D eigenvalue weighted by atomic mass is 32.2. The summed E-state index contributed by atoms with van der Waals surface area (Å²) in [5.41, 5.74) is 0.517. The standard InChI is InChI=1S/C7H8N2OS2/c1-11-5-12-7-8-2-6(4-10)3-9-7/h2-4H,5H2,1H3. The molecule has 3 nitrogen and oxygen atoms in total. The SMILES string of the molecule is CSCSc1ncc(C=O)cn1. The van der Waals surface area contributed by atoms with Crippen LogP contribution in [0.25, 0.3) is 0 Å². The van der Waals surface area contributed by atoms with Crippen molar-refractivity contribution in [2.75, 3.05) is 11.3 Å². The minimum atomic E-state index is 0.517. The summed E-state index contributed by atoms with van der Waals surface area (Å²) in [4.78, 5) is 18.2. The quantitative estimate of drug-likeness (QED) is 0.320. The predicted octanol–water partition coefficient (Wildman–Crippen LogP) is 1.70. The highest BCUT2D eigenvalue weighted by molar-refractivity contribution is 8.15. The molecule has 1 aromatic heterocycles. The molecule has 0 bridgehead atoms. The minimum absolute atomic E-state index is 0.517. The maximum atomic E-state index is 10.2. The van der Waals surface area contributed by atoms with E-state index in [1.807, 2.05) is 6.26 Å². The zero-order valence-corrected chi connectivity index (χ0v) is 8.19. The maximum Gasteiger partial charge on any atom is 0.188 e. The van der Waals surface area contributed by atoms with Crippen LogP contribution in [0, 0.1) is 0 Å². The summed E-state index contributed by atoms with van der Waals surface area (Å²) >= 11 is 3.28. The molecule has 1 aromatic rings. The summed E-state index contributed by atoms with van der Waals surface area (Å²) in [5, 5.41) is 1.65. The van der Waals surface area contributed by atoms with Crippen molar-refractivity contribution in [1.82, 2.24) is 9.97 Å². The van der Waals surface area contributed by atoms with E-state index in [-0.39, 0.29) is 0 Å². The molecule has 0 atom stereocenters. The summed E-state index contributed by atoms with van der Waals surface area (Å²) in [6, 6.07) is 0. The van der Waals surface area contributed by atoms with Gasteiger partial charge in [0.25, 0.3) is 0 Å². The largest absolute Gasteiger partial charge is 0.298 e. The molecule has 0 aliphatic heterocycles. The van der Waals surface area contributed by atoms with Gasteiger partial charge in [-0.05, 0) is 6.26 Å². The van der Waals surface area contributed by atoms with E-state index < -0.39 is 0 Å². The number of aldehydes is 1. The molecule has 0 radical (unpaired) electrons. The normalized spacial score (nSPS) is 9.75. The third kappa shape index (κ3) is 2.83. The Bertz CT molecular complexity index is 250. The first kappa shape index (κ1) is 9.54. The van der Waals surface area contributed by atoms with E-state index in [1.165, 1.54) is 12.4 Å². The van der Waals surface area contributed by atoms with Crippen molar-refractivity contribution in [1.29, 1.82) is 0 Å². The molecular weight excluding hydrogens is 192 g/mol. The number of thioether (sulfide) groups is 2. The molecule has 0 N–H and O–H groups in total. The van der Waals surface area contributed by atoms with E-state index in [4.69, 9.17) is 0 Å². The first-order valence-electron chi connectivity index (χ1n) is 3.26. The molecule has 0 spiro atoms. The first-order chi connectivity index (χ1) is 5.86. The van der Waals surface area contributed by atoms with Crippen molar-refractivity contribution in [3.63, 3.8) is 0 Å². The summed E-state index contributed by atoms with van der Waals surface area (Å²) < 4.78 is 0. The van der Waals surface area contributed by atoms with Gasteiger partial charge in [-0.25, -0.2) is 9.97 Å². The van der Waals surface area contributed by atoms with Crippen LogP contribution in [0.5, 0.6) is 0 Å². The molecule has 1 rings (SSSR count).